The number of rotatable bonds is 5. The number of ether oxygens (including phenoxy) is 1. The van der Waals surface area contributed by atoms with E-state index in [1.165, 1.54) is 0 Å². The fourth-order valence-corrected chi connectivity index (χ4v) is 2.65. The molecule has 0 aliphatic heterocycles. The van der Waals surface area contributed by atoms with Crippen molar-refractivity contribution in [3.8, 4) is 17.6 Å². The van der Waals surface area contributed by atoms with Crippen LogP contribution in [0.3, 0.4) is 0 Å². The molecular weight excluding hydrogens is 304 g/mol. The van der Waals surface area contributed by atoms with Gasteiger partial charge in [-0.05, 0) is 53.2 Å². The molecule has 0 amide bonds. The second-order valence-corrected chi connectivity index (χ2v) is 5.55. The van der Waals surface area contributed by atoms with E-state index < -0.39 is 0 Å². The Morgan fingerprint density at radius 3 is 2.39 bits per heavy atom. The molecule has 23 heavy (non-hydrogen) atoms. The van der Waals surface area contributed by atoms with E-state index in [9.17, 15) is 5.26 Å². The number of anilines is 1. The highest BCUT2D eigenvalue weighted by Gasteiger charge is 2.01. The van der Waals surface area contributed by atoms with Crippen molar-refractivity contribution >= 4 is 22.6 Å². The van der Waals surface area contributed by atoms with Gasteiger partial charge in [0.05, 0.1) is 5.57 Å². The third kappa shape index (κ3) is 4.00. The Morgan fingerprint density at radius 2 is 1.74 bits per heavy atom. The molecule has 1 aromatic heterocycles. The average molecular weight is 318 g/mol. The molecule has 0 aliphatic rings. The molecule has 0 atom stereocenters. The zero-order valence-electron chi connectivity index (χ0n) is 12.3. The molecule has 0 saturated heterocycles. The standard InChI is InChI=1S/C19H14N2OS/c20-12-16(15-10-11-23-14-15)13-21-17-6-8-19(9-7-17)22-18-4-2-1-3-5-18/h1-11,13-14,21H. The van der Waals surface area contributed by atoms with Crippen LogP contribution in [-0.2, 0) is 0 Å². The van der Waals surface area contributed by atoms with E-state index in [4.69, 9.17) is 4.74 Å². The van der Waals surface area contributed by atoms with E-state index in [1.807, 2.05) is 71.4 Å². The highest BCUT2D eigenvalue weighted by Crippen LogP contribution is 2.23. The van der Waals surface area contributed by atoms with E-state index in [2.05, 4.69) is 11.4 Å². The molecule has 0 fully saturated rings. The number of para-hydroxylation sites is 1. The summed E-state index contributed by atoms with van der Waals surface area (Å²) in [7, 11) is 0. The number of allylic oxidation sites excluding steroid dienone is 1. The Morgan fingerprint density at radius 1 is 1.00 bits per heavy atom. The van der Waals surface area contributed by atoms with Gasteiger partial charge in [0.2, 0.25) is 0 Å². The summed E-state index contributed by atoms with van der Waals surface area (Å²) in [5.41, 5.74) is 2.43. The molecule has 2 aromatic carbocycles. The third-order valence-corrected chi connectivity index (χ3v) is 3.85. The van der Waals surface area contributed by atoms with Gasteiger partial charge in [-0.15, -0.1) is 0 Å². The highest BCUT2D eigenvalue weighted by atomic mass is 32.1. The van der Waals surface area contributed by atoms with Crippen molar-refractivity contribution in [2.24, 2.45) is 0 Å². The van der Waals surface area contributed by atoms with Crippen molar-refractivity contribution in [1.82, 2.24) is 0 Å². The van der Waals surface area contributed by atoms with E-state index in [1.54, 1.807) is 17.5 Å². The van der Waals surface area contributed by atoms with Crippen LogP contribution in [0.4, 0.5) is 5.69 Å². The van der Waals surface area contributed by atoms with Crippen LogP contribution in [-0.4, -0.2) is 0 Å². The molecule has 4 heteroatoms. The van der Waals surface area contributed by atoms with Gasteiger partial charge in [-0.25, -0.2) is 0 Å². The molecule has 112 valence electrons. The van der Waals surface area contributed by atoms with Gasteiger partial charge in [0, 0.05) is 17.5 Å². The largest absolute Gasteiger partial charge is 0.457 e. The molecule has 0 saturated carbocycles. The number of thiophene rings is 1. The van der Waals surface area contributed by atoms with Gasteiger partial charge in [0.15, 0.2) is 0 Å². The van der Waals surface area contributed by atoms with Crippen LogP contribution < -0.4 is 10.1 Å². The normalized spacial score (nSPS) is 10.8. The van der Waals surface area contributed by atoms with E-state index >= 15 is 0 Å². The molecule has 0 aliphatic carbocycles. The molecule has 3 aromatic rings. The quantitative estimate of drug-likeness (QED) is 0.630. The Hall–Kier alpha value is -3.03. The van der Waals surface area contributed by atoms with Crippen molar-refractivity contribution in [3.05, 3.63) is 83.2 Å². The molecule has 0 spiro atoms. The number of nitriles is 1. The Kier molecular flexibility index (Phi) is 4.72. The molecule has 1 N–H and O–H groups in total. The van der Waals surface area contributed by atoms with Gasteiger partial charge >= 0.3 is 0 Å². The second kappa shape index (κ2) is 7.30. The molecule has 3 nitrogen and oxygen atoms in total. The summed E-state index contributed by atoms with van der Waals surface area (Å²) in [5.74, 6) is 1.57. The van der Waals surface area contributed by atoms with Crippen LogP contribution >= 0.6 is 11.3 Å². The summed E-state index contributed by atoms with van der Waals surface area (Å²) in [4.78, 5) is 0. The maximum absolute atomic E-state index is 9.21. The molecule has 0 radical (unpaired) electrons. The lowest BCUT2D eigenvalue weighted by atomic mass is 10.2. The number of benzene rings is 2. The van der Waals surface area contributed by atoms with Crippen LogP contribution in [0.2, 0.25) is 0 Å². The van der Waals surface area contributed by atoms with Gasteiger partial charge in [-0.3, -0.25) is 0 Å². The molecule has 0 bridgehead atoms. The van der Waals surface area contributed by atoms with Crippen LogP contribution in [0.1, 0.15) is 5.56 Å². The first-order chi connectivity index (χ1) is 11.3. The molecule has 0 unspecified atom stereocenters. The minimum atomic E-state index is 0.607. The SMILES string of the molecule is N#CC(=CNc1ccc(Oc2ccccc2)cc1)c1ccsc1. The zero-order chi connectivity index (χ0) is 15.9. The number of nitrogens with zero attached hydrogens (tertiary/aromatic N) is 1. The average Bonchev–Trinajstić information content (AvgIpc) is 3.12. The Balaban J connectivity index is 1.67. The van der Waals surface area contributed by atoms with Gasteiger partial charge in [0.1, 0.15) is 17.6 Å². The Labute approximate surface area is 139 Å². The van der Waals surface area contributed by atoms with Gasteiger partial charge in [0.25, 0.3) is 0 Å². The van der Waals surface area contributed by atoms with Crippen molar-refractivity contribution in [3.63, 3.8) is 0 Å². The Bertz CT molecular complexity index is 816. The van der Waals surface area contributed by atoms with Gasteiger partial charge < -0.3 is 10.1 Å². The van der Waals surface area contributed by atoms with E-state index in [0.29, 0.717) is 5.57 Å². The maximum atomic E-state index is 9.21. The van der Waals surface area contributed by atoms with Crippen molar-refractivity contribution in [2.75, 3.05) is 5.32 Å². The lowest BCUT2D eigenvalue weighted by molar-refractivity contribution is 0.483. The van der Waals surface area contributed by atoms with E-state index in [-0.39, 0.29) is 0 Å². The zero-order valence-corrected chi connectivity index (χ0v) is 13.1. The molecule has 3 rings (SSSR count). The first-order valence-corrected chi connectivity index (χ1v) is 8.02. The summed E-state index contributed by atoms with van der Waals surface area (Å²) in [6, 6.07) is 21.4. The summed E-state index contributed by atoms with van der Waals surface area (Å²) in [5, 5.41) is 16.3. The fourth-order valence-electron chi connectivity index (χ4n) is 2.00. The highest BCUT2D eigenvalue weighted by molar-refractivity contribution is 7.08. The lowest BCUT2D eigenvalue weighted by Crippen LogP contribution is -1.90. The molecular formula is C19H14N2OS. The van der Waals surface area contributed by atoms with E-state index in [0.717, 1.165) is 22.7 Å². The number of hydrogen-bond acceptors (Lipinski definition) is 4. The predicted octanol–water partition coefficient (Wildman–Crippen LogP) is 5.52. The third-order valence-electron chi connectivity index (χ3n) is 3.17. The van der Waals surface area contributed by atoms with Crippen molar-refractivity contribution in [1.29, 1.82) is 5.26 Å². The van der Waals surface area contributed by atoms with Crippen LogP contribution in [0, 0.1) is 11.3 Å². The minimum Gasteiger partial charge on any atom is -0.457 e. The number of nitrogens with one attached hydrogen (secondary N) is 1. The smallest absolute Gasteiger partial charge is 0.127 e. The summed E-state index contributed by atoms with van der Waals surface area (Å²) in [6.07, 6.45) is 1.72. The van der Waals surface area contributed by atoms with Gasteiger partial charge in [-0.1, -0.05) is 18.2 Å². The van der Waals surface area contributed by atoms with Crippen LogP contribution in [0.25, 0.3) is 5.57 Å². The maximum Gasteiger partial charge on any atom is 0.127 e. The summed E-state index contributed by atoms with van der Waals surface area (Å²) < 4.78 is 5.74. The number of hydrogen-bond donors (Lipinski definition) is 1. The van der Waals surface area contributed by atoms with Crippen molar-refractivity contribution in [2.45, 2.75) is 0 Å². The molecule has 1 heterocycles. The monoisotopic (exact) mass is 318 g/mol. The van der Waals surface area contributed by atoms with Gasteiger partial charge in [-0.2, -0.15) is 16.6 Å². The van der Waals surface area contributed by atoms with Crippen molar-refractivity contribution < 1.29 is 4.74 Å². The first kappa shape index (κ1) is 14.9. The second-order valence-electron chi connectivity index (χ2n) is 4.77. The summed E-state index contributed by atoms with van der Waals surface area (Å²) >= 11 is 1.57. The fraction of sp³-hybridized carbons (Fsp3) is 0. The minimum absolute atomic E-state index is 0.607. The van der Waals surface area contributed by atoms with Crippen LogP contribution in [0.15, 0.2) is 77.6 Å². The summed E-state index contributed by atoms with van der Waals surface area (Å²) in [6.45, 7) is 0. The first-order valence-electron chi connectivity index (χ1n) is 7.07. The van der Waals surface area contributed by atoms with Crippen LogP contribution in [0.5, 0.6) is 11.5 Å². The lowest BCUT2D eigenvalue weighted by Gasteiger charge is -2.07. The predicted molar refractivity (Wildman–Crippen MR) is 94.5 cm³/mol. The topological polar surface area (TPSA) is 45.0 Å².